The summed E-state index contributed by atoms with van der Waals surface area (Å²) in [6.45, 7) is 3.64. The highest BCUT2D eigenvalue weighted by molar-refractivity contribution is 5.83. The molecule has 0 radical (unpaired) electrons. The molecule has 2 aromatic rings. The van der Waals surface area contributed by atoms with Crippen molar-refractivity contribution in [2.75, 3.05) is 0 Å². The molecule has 1 aliphatic rings. The summed E-state index contributed by atoms with van der Waals surface area (Å²) in [4.78, 5) is 0. The van der Waals surface area contributed by atoms with Gasteiger partial charge in [0.2, 0.25) is 5.67 Å². The van der Waals surface area contributed by atoms with E-state index in [0.717, 1.165) is 10.8 Å². The topological polar surface area (TPSA) is 0 Å². The molecular weight excluding hydrogens is 297 g/mol. The maximum Gasteiger partial charge on any atom is 0.202 e. The maximum atomic E-state index is 14.7. The third-order valence-electron chi connectivity index (χ3n) is 4.44. The molecule has 1 saturated carbocycles. The van der Waals surface area contributed by atoms with E-state index in [0.29, 0.717) is 12.0 Å². The lowest BCUT2D eigenvalue weighted by Gasteiger charge is -2.32. The number of benzene rings is 2. The van der Waals surface area contributed by atoms with Crippen LogP contribution < -0.4 is 0 Å². The Kier molecular flexibility index (Phi) is 4.17. The Bertz CT molecular complexity index is 799. The molecule has 3 rings (SSSR count). The normalized spacial score (nSPS) is 27.3. The predicted molar refractivity (Wildman–Crippen MR) is 87.1 cm³/mol. The number of rotatable bonds is 1. The van der Waals surface area contributed by atoms with Gasteiger partial charge in [-0.2, -0.15) is 0 Å². The van der Waals surface area contributed by atoms with Crippen molar-refractivity contribution in [1.29, 1.82) is 0 Å². The van der Waals surface area contributed by atoms with Gasteiger partial charge >= 0.3 is 0 Å². The van der Waals surface area contributed by atoms with Crippen LogP contribution in [-0.2, 0) is 0 Å². The Hall–Kier alpha value is -2.21. The summed E-state index contributed by atoms with van der Waals surface area (Å²) in [5, 5.41) is 1.57. The van der Waals surface area contributed by atoms with Gasteiger partial charge in [-0.05, 0) is 60.2 Å². The van der Waals surface area contributed by atoms with Gasteiger partial charge in [-0.1, -0.05) is 30.0 Å². The van der Waals surface area contributed by atoms with Crippen molar-refractivity contribution in [3.05, 3.63) is 60.4 Å². The van der Waals surface area contributed by atoms with Crippen LogP contribution in [0.5, 0.6) is 0 Å². The van der Waals surface area contributed by atoms with Gasteiger partial charge in [-0.25, -0.2) is 13.2 Å². The zero-order valence-electron chi connectivity index (χ0n) is 12.7. The van der Waals surface area contributed by atoms with E-state index >= 15 is 0 Å². The highest BCUT2D eigenvalue weighted by atomic mass is 19.2. The first kappa shape index (κ1) is 15.7. The number of hydrogen-bond donors (Lipinski definition) is 0. The number of fused-ring (bicyclic) bond motifs is 1. The van der Waals surface area contributed by atoms with Crippen LogP contribution in [0.4, 0.5) is 13.2 Å². The van der Waals surface area contributed by atoms with Gasteiger partial charge in [0.1, 0.15) is 12.0 Å². The SMILES string of the molecule is C=CC1CCC(F)(C#Cc2ccc3cc(F)ccc3c2)C(F)C1. The van der Waals surface area contributed by atoms with Gasteiger partial charge < -0.3 is 0 Å². The van der Waals surface area contributed by atoms with Gasteiger partial charge in [0.15, 0.2) is 0 Å². The van der Waals surface area contributed by atoms with Crippen LogP contribution in [0.25, 0.3) is 10.8 Å². The lowest BCUT2D eigenvalue weighted by atomic mass is 9.79. The second kappa shape index (κ2) is 6.12. The highest BCUT2D eigenvalue weighted by Crippen LogP contribution is 2.37. The fraction of sp³-hybridized carbons (Fsp3) is 0.300. The molecule has 1 fully saturated rings. The second-order valence-electron chi connectivity index (χ2n) is 6.06. The van der Waals surface area contributed by atoms with E-state index < -0.39 is 11.8 Å². The Morgan fingerprint density at radius 1 is 1.17 bits per heavy atom. The number of allylic oxidation sites excluding steroid dienone is 1. The smallest absolute Gasteiger partial charge is 0.202 e. The van der Waals surface area contributed by atoms with Crippen molar-refractivity contribution >= 4 is 10.8 Å². The van der Waals surface area contributed by atoms with Crippen molar-refractivity contribution in [2.45, 2.75) is 31.1 Å². The summed E-state index contributed by atoms with van der Waals surface area (Å²) in [5.41, 5.74) is -1.50. The molecule has 0 aliphatic heterocycles. The average Bonchev–Trinajstić information content (AvgIpc) is 2.55. The fourth-order valence-electron chi connectivity index (χ4n) is 2.95. The maximum absolute atomic E-state index is 14.7. The van der Waals surface area contributed by atoms with Crippen LogP contribution in [0.15, 0.2) is 49.1 Å². The third-order valence-corrected chi connectivity index (χ3v) is 4.44. The first-order chi connectivity index (χ1) is 11.0. The van der Waals surface area contributed by atoms with E-state index in [-0.39, 0.29) is 24.6 Å². The molecule has 3 unspecified atom stereocenters. The number of alkyl halides is 2. The first-order valence-electron chi connectivity index (χ1n) is 7.68. The summed E-state index contributed by atoms with van der Waals surface area (Å²) in [6.07, 6.45) is 0.859. The number of halogens is 3. The molecule has 0 N–H and O–H groups in total. The Morgan fingerprint density at radius 3 is 2.65 bits per heavy atom. The average molecular weight is 314 g/mol. The lowest BCUT2D eigenvalue weighted by Crippen LogP contribution is -2.39. The third kappa shape index (κ3) is 3.27. The van der Waals surface area contributed by atoms with Crippen molar-refractivity contribution in [3.63, 3.8) is 0 Å². The molecule has 0 spiro atoms. The Labute approximate surface area is 134 Å². The minimum atomic E-state index is -2.10. The summed E-state index contributed by atoms with van der Waals surface area (Å²) >= 11 is 0. The standard InChI is InChI=1S/C20H17F3/c1-2-14-7-9-20(23,19(22)12-14)10-8-15-3-4-17-13-18(21)6-5-16(17)11-15/h2-6,11,13-14,19H,1,7,9,12H2. The fourth-order valence-corrected chi connectivity index (χ4v) is 2.95. The van der Waals surface area contributed by atoms with Crippen LogP contribution in [-0.4, -0.2) is 11.8 Å². The summed E-state index contributed by atoms with van der Waals surface area (Å²) in [7, 11) is 0. The van der Waals surface area contributed by atoms with Gasteiger partial charge in [-0.15, -0.1) is 6.58 Å². The summed E-state index contributed by atoms with van der Waals surface area (Å²) < 4.78 is 42.0. The van der Waals surface area contributed by atoms with Crippen molar-refractivity contribution in [1.82, 2.24) is 0 Å². The largest absolute Gasteiger partial charge is 0.243 e. The van der Waals surface area contributed by atoms with E-state index in [1.807, 2.05) is 0 Å². The molecule has 23 heavy (non-hydrogen) atoms. The van der Waals surface area contributed by atoms with Gasteiger partial charge in [0.25, 0.3) is 0 Å². The molecule has 0 amide bonds. The molecule has 0 saturated heterocycles. The zero-order valence-corrected chi connectivity index (χ0v) is 12.7. The van der Waals surface area contributed by atoms with Crippen LogP contribution in [0.3, 0.4) is 0 Å². The van der Waals surface area contributed by atoms with Crippen LogP contribution in [0, 0.1) is 23.6 Å². The van der Waals surface area contributed by atoms with Crippen molar-refractivity contribution in [2.24, 2.45) is 5.92 Å². The molecule has 118 valence electrons. The molecule has 0 aromatic heterocycles. The minimum absolute atomic E-state index is 0.0197. The lowest BCUT2D eigenvalue weighted by molar-refractivity contribution is 0.0478. The Balaban J connectivity index is 1.86. The van der Waals surface area contributed by atoms with Gasteiger partial charge in [0, 0.05) is 5.56 Å². The van der Waals surface area contributed by atoms with E-state index in [4.69, 9.17) is 0 Å². The molecule has 1 aliphatic carbocycles. The van der Waals surface area contributed by atoms with Crippen molar-refractivity contribution < 1.29 is 13.2 Å². The van der Waals surface area contributed by atoms with Gasteiger partial charge in [-0.3, -0.25) is 0 Å². The molecule has 0 heterocycles. The summed E-state index contributed by atoms with van der Waals surface area (Å²) in [6, 6.07) is 9.62. The van der Waals surface area contributed by atoms with Crippen molar-refractivity contribution in [3.8, 4) is 11.8 Å². The van der Waals surface area contributed by atoms with Gasteiger partial charge in [0.05, 0.1) is 0 Å². The van der Waals surface area contributed by atoms with Crippen LogP contribution in [0.1, 0.15) is 24.8 Å². The van der Waals surface area contributed by atoms with Crippen LogP contribution >= 0.6 is 0 Å². The molecular formula is C20H17F3. The predicted octanol–water partition coefficient (Wildman–Crippen LogP) is 5.36. The molecule has 2 aromatic carbocycles. The molecule has 0 bridgehead atoms. The quantitative estimate of drug-likeness (QED) is 0.491. The second-order valence-corrected chi connectivity index (χ2v) is 6.06. The monoisotopic (exact) mass is 314 g/mol. The summed E-state index contributed by atoms with van der Waals surface area (Å²) in [5.74, 6) is 4.94. The Morgan fingerprint density at radius 2 is 1.91 bits per heavy atom. The minimum Gasteiger partial charge on any atom is -0.243 e. The van der Waals surface area contributed by atoms with E-state index in [9.17, 15) is 13.2 Å². The molecule has 0 nitrogen and oxygen atoms in total. The number of hydrogen-bond acceptors (Lipinski definition) is 0. The molecule has 3 atom stereocenters. The van der Waals surface area contributed by atoms with Crippen LogP contribution in [0.2, 0.25) is 0 Å². The zero-order chi connectivity index (χ0) is 16.4. The van der Waals surface area contributed by atoms with E-state index in [2.05, 4.69) is 18.4 Å². The van der Waals surface area contributed by atoms with E-state index in [1.165, 1.54) is 12.1 Å². The molecule has 3 heteroatoms. The van der Waals surface area contributed by atoms with E-state index in [1.54, 1.807) is 30.3 Å². The first-order valence-corrected chi connectivity index (χ1v) is 7.68. The highest BCUT2D eigenvalue weighted by Gasteiger charge is 2.42.